The number of rotatable bonds is 21. The first-order chi connectivity index (χ1) is 37.6. The van der Waals surface area contributed by atoms with E-state index in [9.17, 15) is 29.4 Å². The molecule has 0 spiro atoms. The number of anilines is 3. The fraction of sp³-hybridized carbons (Fsp3) is 0.508. The summed E-state index contributed by atoms with van der Waals surface area (Å²) >= 11 is 1.58. The number of thiazole rings is 1. The van der Waals surface area contributed by atoms with Crippen molar-refractivity contribution < 1.29 is 34.1 Å². The quantitative estimate of drug-likeness (QED) is 0.0478. The zero-order valence-electron chi connectivity index (χ0n) is 45.6. The van der Waals surface area contributed by atoms with Gasteiger partial charge in [-0.3, -0.25) is 24.1 Å². The molecular weight excluding hydrogens is 1010 g/mol. The predicted molar refractivity (Wildman–Crippen MR) is 304 cm³/mol. The van der Waals surface area contributed by atoms with Crippen LogP contribution in [-0.4, -0.2) is 153 Å². The number of fused-ring (bicyclic) bond motifs is 2. The Labute approximate surface area is 462 Å². The van der Waals surface area contributed by atoms with Gasteiger partial charge in [0.1, 0.15) is 30.2 Å². The number of unbranched alkanes of at least 4 members (excludes halogenated alkanes) is 4. The van der Waals surface area contributed by atoms with Gasteiger partial charge >= 0.3 is 0 Å². The Balaban J connectivity index is 0.638. The van der Waals surface area contributed by atoms with Crippen molar-refractivity contribution in [3.63, 3.8) is 0 Å². The molecule has 416 valence electrons. The van der Waals surface area contributed by atoms with Crippen molar-refractivity contribution >= 4 is 52.2 Å². The molecule has 5 atom stereocenters. The second kappa shape index (κ2) is 25.3. The maximum atomic E-state index is 14.1. The third-order valence-electron chi connectivity index (χ3n) is 15.8. The van der Waals surface area contributed by atoms with E-state index in [2.05, 4.69) is 58.7 Å². The lowest BCUT2D eigenvalue weighted by atomic mass is 9.85. The van der Waals surface area contributed by atoms with Gasteiger partial charge in [-0.05, 0) is 79.5 Å². The minimum absolute atomic E-state index is 0.0203. The van der Waals surface area contributed by atoms with Crippen molar-refractivity contribution in [2.24, 2.45) is 5.41 Å². The molecule has 4 saturated heterocycles. The number of phenolic OH excluding ortho intramolecular Hbond substituents is 1. The molecule has 3 unspecified atom stereocenters. The molecule has 19 heteroatoms. The number of carbonyl (C=O) groups excluding carboxylic acids is 4. The van der Waals surface area contributed by atoms with E-state index < -0.39 is 23.6 Å². The van der Waals surface area contributed by atoms with E-state index in [0.29, 0.717) is 61.7 Å². The largest absolute Gasteiger partial charge is 0.507 e. The van der Waals surface area contributed by atoms with Crippen molar-refractivity contribution in [3.8, 4) is 33.2 Å². The number of piperazine rings is 2. The summed E-state index contributed by atoms with van der Waals surface area (Å²) in [6.45, 7) is 13.9. The third-order valence-corrected chi connectivity index (χ3v) is 16.8. The highest BCUT2D eigenvalue weighted by molar-refractivity contribution is 7.13. The molecule has 6 heterocycles. The van der Waals surface area contributed by atoms with E-state index in [1.54, 1.807) is 23.5 Å². The van der Waals surface area contributed by atoms with Crippen LogP contribution in [-0.2, 0) is 25.7 Å². The van der Waals surface area contributed by atoms with Gasteiger partial charge in [0.2, 0.25) is 23.6 Å². The SMILES string of the molecule is Cc1ncsc1-c1ccc(CNC(=O)[C@@H]2C[C@@H](O)CN2C(=O)C(NC(=O)CCCCCCCC(=O)N2CCN(CCOc3cccc(N4C5CCC4CN(c4cc(-c6ccccc6O)nnc4N)C5)c3)CC2)C(C)(C)C)cc1. The summed E-state index contributed by atoms with van der Waals surface area (Å²) in [5, 5.41) is 35.5. The molecule has 0 saturated carbocycles. The summed E-state index contributed by atoms with van der Waals surface area (Å²) in [5.74, 6) is 0.631. The Morgan fingerprint density at radius 3 is 2.28 bits per heavy atom. The molecular formula is C59H77N11O7S. The highest BCUT2D eigenvalue weighted by atomic mass is 32.1. The molecule has 6 N–H and O–H groups in total. The number of nitrogens with zero attached hydrogens (tertiary/aromatic N) is 8. The van der Waals surface area contributed by atoms with Crippen LogP contribution in [0.1, 0.15) is 96.2 Å². The zero-order chi connectivity index (χ0) is 54.9. The predicted octanol–water partition coefficient (Wildman–Crippen LogP) is 6.78. The Morgan fingerprint density at radius 2 is 1.58 bits per heavy atom. The average molecular weight is 1080 g/mol. The van der Waals surface area contributed by atoms with Crippen LogP contribution < -0.4 is 30.9 Å². The van der Waals surface area contributed by atoms with Gasteiger partial charge < -0.3 is 50.9 Å². The molecule has 5 aromatic rings. The maximum Gasteiger partial charge on any atom is 0.246 e. The van der Waals surface area contributed by atoms with E-state index in [0.717, 1.165) is 110 Å². The van der Waals surface area contributed by atoms with Gasteiger partial charge in [-0.1, -0.05) is 82.5 Å². The monoisotopic (exact) mass is 1080 g/mol. The lowest BCUT2D eigenvalue weighted by molar-refractivity contribution is -0.144. The van der Waals surface area contributed by atoms with E-state index in [1.807, 2.05) is 86.6 Å². The number of nitrogens with two attached hydrogens (primary N) is 1. The van der Waals surface area contributed by atoms with Crippen LogP contribution in [0.25, 0.3) is 21.7 Å². The van der Waals surface area contributed by atoms with Crippen LogP contribution in [0.15, 0.2) is 84.4 Å². The van der Waals surface area contributed by atoms with Gasteiger partial charge in [0, 0.05) is 108 Å². The number of nitrogens with one attached hydrogen (secondary N) is 2. The molecule has 0 radical (unpaired) electrons. The second-order valence-electron chi connectivity index (χ2n) is 22.5. The third kappa shape index (κ3) is 13.7. The number of aromatic hydroxyl groups is 1. The number of hydrogen-bond donors (Lipinski definition) is 5. The number of aromatic nitrogens is 3. The molecule has 78 heavy (non-hydrogen) atoms. The fourth-order valence-corrected chi connectivity index (χ4v) is 12.3. The van der Waals surface area contributed by atoms with Crippen LogP contribution in [0.4, 0.5) is 17.2 Å². The number of carbonyl (C=O) groups is 4. The first kappa shape index (κ1) is 55.9. The second-order valence-corrected chi connectivity index (χ2v) is 23.3. The topological polar surface area (TPSA) is 223 Å². The number of ether oxygens (including phenoxy) is 1. The molecule has 3 aromatic carbocycles. The lowest BCUT2D eigenvalue weighted by Crippen LogP contribution is -2.57. The first-order valence-corrected chi connectivity index (χ1v) is 28.7. The number of benzene rings is 3. The minimum atomic E-state index is -0.874. The van der Waals surface area contributed by atoms with Gasteiger partial charge in [0.05, 0.1) is 33.6 Å². The molecule has 18 nitrogen and oxygen atoms in total. The van der Waals surface area contributed by atoms with E-state index in [1.165, 1.54) is 4.90 Å². The Hall–Kier alpha value is -6.83. The standard InChI is InChI=1S/C59H77N11O7S/c1-39-54(78-38-62-39)41-21-19-40(20-22-41)34-61-57(75)50-32-45(71)37-69(50)58(76)55(59(2,3)4)63-52(73)17-8-6-5-7-9-18-53(74)67-27-25-66(26-28-67)29-30-77-46-14-12-13-42(31-46)70-43-23-24-44(70)36-68(35-43)49-33-48(64-65-56(49)60)47-15-10-11-16-51(47)72/h10-16,19-22,31,33,38,43-45,50,55,71-72H,5-9,17-18,23-30,32,34-37H2,1-4H3,(H2,60,65)(H,61,75)(H,63,73)/t43?,44?,45-,50+,55?/m1/s1. The van der Waals surface area contributed by atoms with E-state index in [-0.39, 0.29) is 55.3 Å². The molecule has 2 aromatic heterocycles. The van der Waals surface area contributed by atoms with E-state index >= 15 is 0 Å². The van der Waals surface area contributed by atoms with Crippen molar-refractivity contribution in [2.75, 3.05) is 74.5 Å². The molecule has 4 amide bonds. The summed E-state index contributed by atoms with van der Waals surface area (Å²) in [4.78, 5) is 70.0. The average Bonchev–Trinajstić information content (AvgIpc) is 4.24. The smallest absolute Gasteiger partial charge is 0.246 e. The molecule has 4 aliphatic rings. The van der Waals surface area contributed by atoms with Crippen LogP contribution in [0.5, 0.6) is 11.5 Å². The number of hydrogen-bond acceptors (Lipinski definition) is 15. The maximum absolute atomic E-state index is 14.1. The molecule has 4 fully saturated rings. The number of β-amino-alcohol motifs (C(OH)–C–C–N with tert-alkyl or cyclic N) is 1. The summed E-state index contributed by atoms with van der Waals surface area (Å²) in [6.07, 6.45) is 6.29. The summed E-state index contributed by atoms with van der Waals surface area (Å²) in [7, 11) is 0. The van der Waals surface area contributed by atoms with Crippen LogP contribution in [0.3, 0.4) is 0 Å². The van der Waals surface area contributed by atoms with Gasteiger partial charge in [-0.15, -0.1) is 21.5 Å². The van der Waals surface area contributed by atoms with Crippen molar-refractivity contribution in [1.29, 1.82) is 0 Å². The number of amides is 4. The Bertz CT molecular complexity index is 2860. The van der Waals surface area contributed by atoms with Gasteiger partial charge in [-0.2, -0.15) is 0 Å². The number of likely N-dealkylation sites (tertiary alicyclic amines) is 1. The number of phenols is 1. The first-order valence-electron chi connectivity index (χ1n) is 27.8. The number of nitrogen functional groups attached to an aromatic ring is 1. The summed E-state index contributed by atoms with van der Waals surface area (Å²) < 4.78 is 6.31. The summed E-state index contributed by atoms with van der Waals surface area (Å²) in [5.41, 5.74) is 13.7. The Morgan fingerprint density at radius 1 is 0.859 bits per heavy atom. The molecule has 9 rings (SSSR count). The molecule has 0 aliphatic carbocycles. The highest BCUT2D eigenvalue weighted by Gasteiger charge is 2.45. The molecule has 4 aliphatic heterocycles. The van der Waals surface area contributed by atoms with E-state index in [4.69, 9.17) is 10.5 Å². The van der Waals surface area contributed by atoms with Gasteiger partial charge in [-0.25, -0.2) is 4.98 Å². The fourth-order valence-electron chi connectivity index (χ4n) is 11.5. The Kier molecular flexibility index (Phi) is 18.1. The number of aliphatic hydroxyl groups is 1. The minimum Gasteiger partial charge on any atom is -0.507 e. The van der Waals surface area contributed by atoms with Crippen LogP contribution in [0, 0.1) is 12.3 Å². The highest BCUT2D eigenvalue weighted by Crippen LogP contribution is 2.40. The van der Waals surface area contributed by atoms with Crippen molar-refractivity contribution in [2.45, 2.75) is 129 Å². The van der Waals surface area contributed by atoms with Crippen molar-refractivity contribution in [3.05, 3.63) is 95.6 Å². The molecule has 2 bridgehead atoms. The number of aryl methyl sites for hydroxylation is 1. The van der Waals surface area contributed by atoms with Crippen molar-refractivity contribution in [1.82, 2.24) is 40.5 Å². The number of para-hydroxylation sites is 1. The van der Waals surface area contributed by atoms with Gasteiger partial charge in [0.25, 0.3) is 0 Å². The van der Waals surface area contributed by atoms with Gasteiger partial charge in [0.15, 0.2) is 5.82 Å². The normalized spacial score (nSPS) is 20.0. The van der Waals surface area contributed by atoms with Crippen LogP contribution >= 0.6 is 11.3 Å². The lowest BCUT2D eigenvalue weighted by Gasteiger charge is -2.43. The summed E-state index contributed by atoms with van der Waals surface area (Å²) in [6, 6.07) is 24.3. The number of aliphatic hydroxyl groups excluding tert-OH is 1. The zero-order valence-corrected chi connectivity index (χ0v) is 46.4. The van der Waals surface area contributed by atoms with Crippen LogP contribution in [0.2, 0.25) is 0 Å².